The highest BCUT2D eigenvalue weighted by Crippen LogP contribution is 2.23. The maximum Gasteiger partial charge on any atom is 0.266 e. The van der Waals surface area contributed by atoms with Gasteiger partial charge < -0.3 is 9.80 Å². The second-order valence-electron chi connectivity index (χ2n) is 6.01. The van der Waals surface area contributed by atoms with E-state index >= 15 is 0 Å². The quantitative estimate of drug-likeness (QED) is 0.373. The highest BCUT2D eigenvalue weighted by Gasteiger charge is 2.22. The molecule has 2 aromatic rings. The van der Waals surface area contributed by atoms with E-state index in [9.17, 15) is 9.59 Å². The molecule has 0 saturated carbocycles. The maximum atomic E-state index is 12.6. The lowest BCUT2D eigenvalue weighted by Crippen LogP contribution is -2.33. The van der Waals surface area contributed by atoms with Crippen molar-refractivity contribution in [2.45, 2.75) is 0 Å². The molecule has 4 heteroatoms. The van der Waals surface area contributed by atoms with Crippen LogP contribution in [0.2, 0.25) is 0 Å². The van der Waals surface area contributed by atoms with E-state index < -0.39 is 0 Å². The van der Waals surface area contributed by atoms with Crippen molar-refractivity contribution in [3.05, 3.63) is 83.1 Å². The third-order valence-electron chi connectivity index (χ3n) is 3.62. The van der Waals surface area contributed by atoms with Crippen molar-refractivity contribution in [2.75, 3.05) is 28.2 Å². The third-order valence-corrected chi connectivity index (χ3v) is 3.62. The number of benzene rings is 2. The summed E-state index contributed by atoms with van der Waals surface area (Å²) < 4.78 is 0. The summed E-state index contributed by atoms with van der Waals surface area (Å²) in [6, 6.07) is 19.3. The Labute approximate surface area is 148 Å². The van der Waals surface area contributed by atoms with Crippen LogP contribution in [0.25, 0.3) is 5.57 Å². The summed E-state index contributed by atoms with van der Waals surface area (Å²) >= 11 is 0. The van der Waals surface area contributed by atoms with Crippen molar-refractivity contribution in [3.8, 4) is 0 Å². The zero-order valence-electron chi connectivity index (χ0n) is 15.0. The van der Waals surface area contributed by atoms with Crippen LogP contribution in [0.15, 0.2) is 72.0 Å². The summed E-state index contributed by atoms with van der Waals surface area (Å²) in [5.41, 5.74) is 5.61. The molecule has 2 amide bonds. The molecule has 128 valence electrons. The van der Waals surface area contributed by atoms with E-state index in [1.165, 1.54) is 9.80 Å². The van der Waals surface area contributed by atoms with Crippen molar-refractivity contribution >= 4 is 17.4 Å². The van der Waals surface area contributed by atoms with Crippen LogP contribution in [0, 0.1) is 0 Å². The van der Waals surface area contributed by atoms with Gasteiger partial charge in [-0.2, -0.15) is 0 Å². The van der Waals surface area contributed by atoms with Crippen molar-refractivity contribution < 1.29 is 9.59 Å². The average molecular weight is 334 g/mol. The first-order chi connectivity index (χ1) is 11.9. The maximum absolute atomic E-state index is 12.6. The lowest BCUT2D eigenvalue weighted by Gasteiger charge is -2.16. The number of likely N-dealkylation sites (N-methyl/N-ethyl adjacent to an activating group) is 2. The van der Waals surface area contributed by atoms with Gasteiger partial charge in [0.2, 0.25) is 0 Å². The van der Waals surface area contributed by atoms with Crippen molar-refractivity contribution in [3.63, 3.8) is 0 Å². The molecule has 2 aromatic carbocycles. The van der Waals surface area contributed by atoms with Crippen LogP contribution in [0.4, 0.5) is 0 Å². The second-order valence-corrected chi connectivity index (χ2v) is 6.01. The Morgan fingerprint density at radius 3 is 1.36 bits per heavy atom. The SMILES string of the molecule is CN(C)C(=O)C(=C=C(c1ccccc1)c1ccccc1)C(=O)N(C)C. The molecule has 0 bridgehead atoms. The van der Waals surface area contributed by atoms with E-state index in [2.05, 4.69) is 5.73 Å². The fraction of sp³-hybridized carbons (Fsp3) is 0.190. The van der Waals surface area contributed by atoms with Gasteiger partial charge in [0, 0.05) is 33.8 Å². The Morgan fingerprint density at radius 2 is 1.04 bits per heavy atom. The number of carbonyl (C=O) groups is 2. The predicted molar refractivity (Wildman–Crippen MR) is 99.8 cm³/mol. The van der Waals surface area contributed by atoms with Gasteiger partial charge in [-0.1, -0.05) is 66.4 Å². The summed E-state index contributed by atoms with van der Waals surface area (Å²) in [6.45, 7) is 0. The van der Waals surface area contributed by atoms with Crippen LogP contribution in [-0.4, -0.2) is 49.8 Å². The molecule has 0 heterocycles. The van der Waals surface area contributed by atoms with Gasteiger partial charge in [0.1, 0.15) is 5.57 Å². The van der Waals surface area contributed by atoms with Crippen molar-refractivity contribution in [2.24, 2.45) is 0 Å². The number of rotatable bonds is 4. The smallest absolute Gasteiger partial charge is 0.266 e. The molecule has 0 saturated heterocycles. The first kappa shape index (κ1) is 18.2. The highest BCUT2D eigenvalue weighted by molar-refractivity contribution is 6.18. The zero-order chi connectivity index (χ0) is 18.4. The Morgan fingerprint density at radius 1 is 0.680 bits per heavy atom. The zero-order valence-corrected chi connectivity index (χ0v) is 15.0. The monoisotopic (exact) mass is 334 g/mol. The fourth-order valence-electron chi connectivity index (χ4n) is 2.29. The number of hydrogen-bond donors (Lipinski definition) is 0. The van der Waals surface area contributed by atoms with Gasteiger partial charge in [-0.25, -0.2) is 0 Å². The minimum Gasteiger partial charge on any atom is -0.344 e. The number of carbonyl (C=O) groups excluding carboxylic acids is 2. The first-order valence-corrected chi connectivity index (χ1v) is 7.97. The Kier molecular flexibility index (Phi) is 5.93. The third kappa shape index (κ3) is 4.46. The topological polar surface area (TPSA) is 40.6 Å². The molecule has 0 aliphatic carbocycles. The standard InChI is InChI=1S/C21H22N2O2/c1-22(2)20(24)19(21(25)23(3)4)15-18(16-11-7-5-8-12-16)17-13-9-6-10-14-17/h5-14H,1-4H3. The van der Waals surface area contributed by atoms with E-state index in [1.54, 1.807) is 28.2 Å². The summed E-state index contributed by atoms with van der Waals surface area (Å²) in [7, 11) is 6.49. The number of amides is 2. The largest absolute Gasteiger partial charge is 0.344 e. The summed E-state index contributed by atoms with van der Waals surface area (Å²) in [6.07, 6.45) is 0. The summed E-state index contributed by atoms with van der Waals surface area (Å²) in [5, 5.41) is 0. The molecule has 0 radical (unpaired) electrons. The predicted octanol–water partition coefficient (Wildman–Crippen LogP) is 2.82. The molecule has 2 rings (SSSR count). The van der Waals surface area contributed by atoms with E-state index in [4.69, 9.17) is 0 Å². The Hall–Kier alpha value is -3.10. The summed E-state index contributed by atoms with van der Waals surface area (Å²) in [4.78, 5) is 27.9. The Balaban J connectivity index is 2.80. The molecule has 0 N–H and O–H groups in total. The van der Waals surface area contributed by atoms with Gasteiger partial charge >= 0.3 is 0 Å². The number of nitrogens with zero attached hydrogens (tertiary/aromatic N) is 2. The van der Waals surface area contributed by atoms with Gasteiger partial charge in [0.15, 0.2) is 0 Å². The van der Waals surface area contributed by atoms with Gasteiger partial charge in [-0.3, -0.25) is 9.59 Å². The van der Waals surface area contributed by atoms with Crippen LogP contribution in [0.3, 0.4) is 0 Å². The molecule has 0 fully saturated rings. The molecule has 4 nitrogen and oxygen atoms in total. The van der Waals surface area contributed by atoms with Crippen LogP contribution in [0.5, 0.6) is 0 Å². The van der Waals surface area contributed by atoms with Gasteiger partial charge in [0.25, 0.3) is 11.8 Å². The summed E-state index contributed by atoms with van der Waals surface area (Å²) in [5.74, 6) is -0.744. The minimum atomic E-state index is -0.372. The highest BCUT2D eigenvalue weighted by atomic mass is 16.2. The number of hydrogen-bond acceptors (Lipinski definition) is 2. The van der Waals surface area contributed by atoms with Gasteiger partial charge in [-0.05, 0) is 11.1 Å². The molecule has 0 atom stereocenters. The van der Waals surface area contributed by atoms with E-state index in [0.717, 1.165) is 11.1 Å². The molecule has 0 aliphatic rings. The molecule has 0 unspecified atom stereocenters. The van der Waals surface area contributed by atoms with Crippen LogP contribution < -0.4 is 0 Å². The van der Waals surface area contributed by atoms with Gasteiger partial charge in [0.05, 0.1) is 0 Å². The second kappa shape index (κ2) is 8.13. The van der Waals surface area contributed by atoms with Crippen LogP contribution in [0.1, 0.15) is 11.1 Å². The van der Waals surface area contributed by atoms with Crippen molar-refractivity contribution in [1.29, 1.82) is 0 Å². The molecular formula is C21H22N2O2. The van der Waals surface area contributed by atoms with E-state index in [0.29, 0.717) is 5.57 Å². The van der Waals surface area contributed by atoms with Crippen molar-refractivity contribution in [1.82, 2.24) is 9.80 Å². The normalized spacial score (nSPS) is 9.76. The molecule has 0 aliphatic heterocycles. The van der Waals surface area contributed by atoms with E-state index in [-0.39, 0.29) is 17.4 Å². The first-order valence-electron chi connectivity index (χ1n) is 7.97. The average Bonchev–Trinajstić information content (AvgIpc) is 2.63. The molecule has 0 aromatic heterocycles. The van der Waals surface area contributed by atoms with Gasteiger partial charge in [-0.15, -0.1) is 0 Å². The van der Waals surface area contributed by atoms with Crippen LogP contribution >= 0.6 is 0 Å². The minimum absolute atomic E-state index is 0.0118. The Bertz CT molecular complexity index is 752. The fourth-order valence-corrected chi connectivity index (χ4v) is 2.29. The molecular weight excluding hydrogens is 312 g/mol. The molecule has 0 spiro atoms. The molecule has 25 heavy (non-hydrogen) atoms. The lowest BCUT2D eigenvalue weighted by molar-refractivity contribution is -0.131. The van der Waals surface area contributed by atoms with E-state index in [1.807, 2.05) is 60.7 Å². The lowest BCUT2D eigenvalue weighted by atomic mass is 9.97. The van der Waals surface area contributed by atoms with Crippen LogP contribution in [-0.2, 0) is 9.59 Å².